The predicted octanol–water partition coefficient (Wildman–Crippen LogP) is 3.56. The molecular weight excluding hydrogens is 314 g/mol. The Morgan fingerprint density at radius 1 is 1.12 bits per heavy atom. The zero-order chi connectivity index (χ0) is 17.8. The zero-order valence-electron chi connectivity index (χ0n) is 14.5. The Morgan fingerprint density at radius 2 is 1.92 bits per heavy atom. The van der Waals surface area contributed by atoms with Gasteiger partial charge in [0.1, 0.15) is 0 Å². The van der Waals surface area contributed by atoms with Gasteiger partial charge < -0.3 is 10.6 Å². The zero-order valence-corrected chi connectivity index (χ0v) is 14.5. The van der Waals surface area contributed by atoms with Gasteiger partial charge in [-0.2, -0.15) is 0 Å². The lowest BCUT2D eigenvalue weighted by Gasteiger charge is -2.22. The van der Waals surface area contributed by atoms with Crippen LogP contribution < -0.4 is 10.6 Å². The van der Waals surface area contributed by atoms with Crippen molar-refractivity contribution in [1.82, 2.24) is 10.3 Å². The van der Waals surface area contributed by atoms with Crippen LogP contribution in [0.25, 0.3) is 0 Å². The number of rotatable bonds is 6. The van der Waals surface area contributed by atoms with Gasteiger partial charge in [-0.15, -0.1) is 0 Å². The van der Waals surface area contributed by atoms with Gasteiger partial charge in [-0.05, 0) is 49.1 Å². The molecule has 0 saturated heterocycles. The number of carbonyl (C=O) groups is 2. The standard InChI is InChI=1S/C20H23N3O2/c1-13(2)18(17-8-3-4-11-21-17)23-20(25)15-6-5-7-16(12-15)22-19(24)14-9-10-14/h3-8,11-14,18H,9-10H2,1-2H3,(H,22,24)(H,23,25)/t18-/m0/s1. The summed E-state index contributed by atoms with van der Waals surface area (Å²) in [5.41, 5.74) is 2.02. The molecule has 0 unspecified atom stereocenters. The molecule has 0 spiro atoms. The molecule has 2 aromatic rings. The molecule has 1 atom stereocenters. The van der Waals surface area contributed by atoms with Crippen LogP contribution in [-0.4, -0.2) is 16.8 Å². The van der Waals surface area contributed by atoms with Crippen LogP contribution >= 0.6 is 0 Å². The fourth-order valence-corrected chi connectivity index (χ4v) is 2.69. The second kappa shape index (κ2) is 7.47. The minimum Gasteiger partial charge on any atom is -0.343 e. The highest BCUT2D eigenvalue weighted by molar-refractivity contribution is 5.98. The summed E-state index contributed by atoms with van der Waals surface area (Å²) in [4.78, 5) is 28.9. The van der Waals surface area contributed by atoms with Crippen LogP contribution in [0.15, 0.2) is 48.7 Å². The summed E-state index contributed by atoms with van der Waals surface area (Å²) in [5.74, 6) is 0.196. The van der Waals surface area contributed by atoms with Crippen molar-refractivity contribution in [3.63, 3.8) is 0 Å². The van der Waals surface area contributed by atoms with Gasteiger partial charge in [-0.25, -0.2) is 0 Å². The summed E-state index contributed by atoms with van der Waals surface area (Å²) in [6.45, 7) is 4.10. The highest BCUT2D eigenvalue weighted by Crippen LogP contribution is 2.30. The first-order chi connectivity index (χ1) is 12.0. The first-order valence-electron chi connectivity index (χ1n) is 8.67. The third kappa shape index (κ3) is 4.44. The van der Waals surface area contributed by atoms with Crippen molar-refractivity contribution in [2.24, 2.45) is 11.8 Å². The molecule has 2 amide bonds. The number of aromatic nitrogens is 1. The molecule has 3 rings (SSSR count). The van der Waals surface area contributed by atoms with Crippen LogP contribution in [0.1, 0.15) is 48.8 Å². The molecule has 5 nitrogen and oxygen atoms in total. The minimum absolute atomic E-state index is 0.0334. The molecule has 0 aliphatic heterocycles. The van der Waals surface area contributed by atoms with Gasteiger partial charge in [0.05, 0.1) is 11.7 Å². The number of pyridine rings is 1. The number of nitrogens with zero attached hydrogens (tertiary/aromatic N) is 1. The topological polar surface area (TPSA) is 71.1 Å². The van der Waals surface area contributed by atoms with E-state index in [2.05, 4.69) is 15.6 Å². The molecule has 1 aliphatic rings. The number of hydrogen-bond acceptors (Lipinski definition) is 3. The number of benzene rings is 1. The van der Waals surface area contributed by atoms with Crippen LogP contribution in [0, 0.1) is 11.8 Å². The first kappa shape index (κ1) is 17.1. The average Bonchev–Trinajstić information content (AvgIpc) is 3.45. The Morgan fingerprint density at radius 3 is 2.56 bits per heavy atom. The van der Waals surface area contributed by atoms with Crippen LogP contribution in [0.3, 0.4) is 0 Å². The number of anilines is 1. The van der Waals surface area contributed by atoms with Crippen LogP contribution in [-0.2, 0) is 4.79 Å². The molecule has 5 heteroatoms. The van der Waals surface area contributed by atoms with E-state index in [4.69, 9.17) is 0 Å². The SMILES string of the molecule is CC(C)[C@H](NC(=O)c1cccc(NC(=O)C2CC2)c1)c1ccccn1. The molecular formula is C20H23N3O2. The number of nitrogens with one attached hydrogen (secondary N) is 2. The number of amides is 2. The molecule has 0 bridgehead atoms. The van der Waals surface area contributed by atoms with Gasteiger partial charge in [0, 0.05) is 23.4 Å². The molecule has 1 saturated carbocycles. The van der Waals surface area contributed by atoms with E-state index in [1.807, 2.05) is 32.0 Å². The second-order valence-corrected chi connectivity index (χ2v) is 6.79. The van der Waals surface area contributed by atoms with Crippen molar-refractivity contribution in [2.75, 3.05) is 5.32 Å². The fourth-order valence-electron chi connectivity index (χ4n) is 2.69. The van der Waals surface area contributed by atoms with Crippen molar-refractivity contribution < 1.29 is 9.59 Å². The minimum atomic E-state index is -0.174. The van der Waals surface area contributed by atoms with E-state index in [0.29, 0.717) is 11.3 Å². The van der Waals surface area contributed by atoms with Gasteiger partial charge >= 0.3 is 0 Å². The summed E-state index contributed by atoms with van der Waals surface area (Å²) < 4.78 is 0. The van der Waals surface area contributed by atoms with Gasteiger partial charge in [-0.3, -0.25) is 14.6 Å². The molecule has 1 heterocycles. The second-order valence-electron chi connectivity index (χ2n) is 6.79. The smallest absolute Gasteiger partial charge is 0.251 e. The van der Waals surface area contributed by atoms with E-state index in [0.717, 1.165) is 18.5 Å². The molecule has 0 radical (unpaired) electrons. The van der Waals surface area contributed by atoms with E-state index >= 15 is 0 Å². The van der Waals surface area contributed by atoms with Gasteiger partial charge in [0.25, 0.3) is 5.91 Å². The van der Waals surface area contributed by atoms with Crippen LogP contribution in [0.4, 0.5) is 5.69 Å². The van der Waals surface area contributed by atoms with Crippen LogP contribution in [0.2, 0.25) is 0 Å². The maximum absolute atomic E-state index is 12.7. The van der Waals surface area contributed by atoms with E-state index in [9.17, 15) is 9.59 Å². The Kier molecular flexibility index (Phi) is 5.12. The Bertz CT molecular complexity index is 755. The van der Waals surface area contributed by atoms with E-state index < -0.39 is 0 Å². The monoisotopic (exact) mass is 337 g/mol. The Labute approximate surface area is 147 Å². The highest BCUT2D eigenvalue weighted by Gasteiger charge is 2.29. The van der Waals surface area contributed by atoms with Crippen molar-refractivity contribution in [3.8, 4) is 0 Å². The molecule has 1 fully saturated rings. The maximum Gasteiger partial charge on any atom is 0.251 e. The fraction of sp³-hybridized carbons (Fsp3) is 0.350. The third-order valence-corrected chi connectivity index (χ3v) is 4.30. The summed E-state index contributed by atoms with van der Waals surface area (Å²) in [7, 11) is 0. The lowest BCUT2D eigenvalue weighted by atomic mass is 9.99. The number of hydrogen-bond donors (Lipinski definition) is 2. The normalized spacial score (nSPS) is 14.8. The lowest BCUT2D eigenvalue weighted by molar-refractivity contribution is -0.117. The van der Waals surface area contributed by atoms with E-state index in [-0.39, 0.29) is 29.7 Å². The van der Waals surface area contributed by atoms with Crippen molar-refractivity contribution >= 4 is 17.5 Å². The molecule has 1 aliphatic carbocycles. The number of carbonyl (C=O) groups excluding carboxylic acids is 2. The molecule has 2 N–H and O–H groups in total. The van der Waals surface area contributed by atoms with Crippen molar-refractivity contribution in [3.05, 3.63) is 59.9 Å². The van der Waals surface area contributed by atoms with Crippen molar-refractivity contribution in [2.45, 2.75) is 32.7 Å². The molecule has 130 valence electrons. The van der Waals surface area contributed by atoms with E-state index in [1.165, 1.54) is 0 Å². The molecule has 1 aromatic heterocycles. The predicted molar refractivity (Wildman–Crippen MR) is 97.1 cm³/mol. The highest BCUT2D eigenvalue weighted by atomic mass is 16.2. The average molecular weight is 337 g/mol. The summed E-state index contributed by atoms with van der Waals surface area (Å²) >= 11 is 0. The van der Waals surface area contributed by atoms with Crippen LogP contribution in [0.5, 0.6) is 0 Å². The van der Waals surface area contributed by atoms with Gasteiger partial charge in [0.15, 0.2) is 0 Å². The summed E-state index contributed by atoms with van der Waals surface area (Å²) in [6.07, 6.45) is 3.63. The van der Waals surface area contributed by atoms with Gasteiger partial charge in [0.2, 0.25) is 5.91 Å². The summed E-state index contributed by atoms with van der Waals surface area (Å²) in [5, 5.41) is 5.93. The maximum atomic E-state index is 12.7. The molecule has 25 heavy (non-hydrogen) atoms. The first-order valence-corrected chi connectivity index (χ1v) is 8.67. The third-order valence-electron chi connectivity index (χ3n) is 4.30. The van der Waals surface area contributed by atoms with E-state index in [1.54, 1.807) is 30.5 Å². The summed E-state index contributed by atoms with van der Waals surface area (Å²) in [6, 6.07) is 12.6. The molecule has 1 aromatic carbocycles. The Hall–Kier alpha value is -2.69. The van der Waals surface area contributed by atoms with Crippen molar-refractivity contribution in [1.29, 1.82) is 0 Å². The largest absolute Gasteiger partial charge is 0.343 e. The lowest BCUT2D eigenvalue weighted by Crippen LogP contribution is -2.32. The Balaban J connectivity index is 1.72. The van der Waals surface area contributed by atoms with Gasteiger partial charge in [-0.1, -0.05) is 26.0 Å². The quantitative estimate of drug-likeness (QED) is 0.847.